The van der Waals surface area contributed by atoms with Crippen molar-refractivity contribution in [1.82, 2.24) is 19.9 Å². The lowest BCUT2D eigenvalue weighted by molar-refractivity contribution is 0.0946. The molecule has 2 aromatic heterocycles. The molecule has 4 N–H and O–H groups in total. The molecular weight excluding hydrogens is 412 g/mol. The van der Waals surface area contributed by atoms with E-state index in [1.807, 2.05) is 68.4 Å². The number of aromatic nitrogens is 3. The van der Waals surface area contributed by atoms with E-state index in [9.17, 15) is 4.79 Å². The van der Waals surface area contributed by atoms with Gasteiger partial charge in [0.05, 0.1) is 5.69 Å². The molecule has 0 aliphatic heterocycles. The van der Waals surface area contributed by atoms with Gasteiger partial charge in [-0.15, -0.1) is 5.10 Å². The van der Waals surface area contributed by atoms with Gasteiger partial charge in [0.25, 0.3) is 5.91 Å². The summed E-state index contributed by atoms with van der Waals surface area (Å²) in [6.45, 7) is 4.12. The zero-order chi connectivity index (χ0) is 22.0. The molecule has 0 radical (unpaired) electrons. The van der Waals surface area contributed by atoms with Crippen LogP contribution < -0.4 is 16.4 Å². The lowest BCUT2D eigenvalue weighted by Crippen LogP contribution is -2.45. The Morgan fingerprint density at radius 2 is 1.77 bits per heavy atom. The fraction of sp³-hybridized carbons (Fsp3) is 0.174. The number of amides is 1. The van der Waals surface area contributed by atoms with Crippen LogP contribution >= 0.6 is 11.6 Å². The molecule has 4 rings (SSSR count). The molecule has 0 fully saturated rings. The number of carbonyl (C=O) groups is 1. The van der Waals surface area contributed by atoms with Crippen molar-refractivity contribution in [2.24, 2.45) is 5.73 Å². The quantitative estimate of drug-likeness (QED) is 0.421. The number of hydrogen-bond acceptors (Lipinski definition) is 5. The van der Waals surface area contributed by atoms with E-state index >= 15 is 0 Å². The first kappa shape index (κ1) is 20.8. The Morgan fingerprint density at radius 3 is 2.45 bits per heavy atom. The van der Waals surface area contributed by atoms with Crippen molar-refractivity contribution < 1.29 is 4.79 Å². The van der Waals surface area contributed by atoms with E-state index in [0.717, 1.165) is 22.6 Å². The van der Waals surface area contributed by atoms with Crippen LogP contribution in [0.1, 0.15) is 24.2 Å². The summed E-state index contributed by atoms with van der Waals surface area (Å²) in [5.41, 5.74) is 9.40. The molecule has 0 bridgehead atoms. The third kappa shape index (κ3) is 5.02. The third-order valence-electron chi connectivity index (χ3n) is 4.61. The minimum Gasteiger partial charge on any atom is -0.350 e. The van der Waals surface area contributed by atoms with Crippen LogP contribution in [-0.4, -0.2) is 32.6 Å². The summed E-state index contributed by atoms with van der Waals surface area (Å²) in [5, 5.41) is 11.3. The molecule has 0 saturated carbocycles. The number of anilines is 2. The third-order valence-corrected chi connectivity index (χ3v) is 4.86. The lowest BCUT2D eigenvalue weighted by Gasteiger charge is -2.18. The van der Waals surface area contributed by atoms with Gasteiger partial charge in [-0.25, -0.2) is 4.52 Å². The first-order valence-corrected chi connectivity index (χ1v) is 10.2. The van der Waals surface area contributed by atoms with E-state index in [1.165, 1.54) is 0 Å². The Morgan fingerprint density at radius 1 is 1.06 bits per heavy atom. The minimum atomic E-state index is -0.461. The highest BCUT2D eigenvalue weighted by atomic mass is 35.5. The van der Waals surface area contributed by atoms with Crippen molar-refractivity contribution in [2.75, 3.05) is 11.9 Å². The summed E-state index contributed by atoms with van der Waals surface area (Å²) >= 11 is 6.00. The van der Waals surface area contributed by atoms with Gasteiger partial charge in [-0.2, -0.15) is 4.98 Å². The van der Waals surface area contributed by atoms with Crippen LogP contribution in [0.3, 0.4) is 0 Å². The van der Waals surface area contributed by atoms with E-state index in [4.69, 9.17) is 17.3 Å². The Hall–Kier alpha value is -3.42. The normalized spacial score (nSPS) is 11.5. The molecule has 7 nitrogen and oxygen atoms in total. The van der Waals surface area contributed by atoms with E-state index in [2.05, 4.69) is 20.7 Å². The second kappa shape index (κ2) is 8.37. The highest BCUT2D eigenvalue weighted by Crippen LogP contribution is 2.23. The van der Waals surface area contributed by atoms with Gasteiger partial charge >= 0.3 is 0 Å². The molecule has 158 valence electrons. The smallest absolute Gasteiger partial charge is 0.251 e. The minimum absolute atomic E-state index is 0.163. The van der Waals surface area contributed by atoms with Crippen molar-refractivity contribution in [1.29, 1.82) is 0 Å². The maximum atomic E-state index is 12.2. The van der Waals surface area contributed by atoms with Crippen LogP contribution in [-0.2, 0) is 0 Å². The SMILES string of the molecule is CC(C)(N)CNC(=O)c1ccc(Nc2nc3cccc(-c4ccc(Cl)cc4)n3n2)cc1. The number of benzene rings is 2. The van der Waals surface area contributed by atoms with Crippen LogP contribution in [0.2, 0.25) is 5.02 Å². The summed E-state index contributed by atoms with van der Waals surface area (Å²) in [4.78, 5) is 16.8. The molecule has 2 aromatic carbocycles. The average Bonchev–Trinajstić information content (AvgIpc) is 3.15. The Kier molecular flexibility index (Phi) is 5.63. The number of pyridine rings is 1. The first-order chi connectivity index (χ1) is 14.8. The van der Waals surface area contributed by atoms with E-state index < -0.39 is 5.54 Å². The molecule has 8 heteroatoms. The van der Waals surface area contributed by atoms with Gasteiger partial charge < -0.3 is 16.4 Å². The van der Waals surface area contributed by atoms with Gasteiger partial charge in [-0.1, -0.05) is 29.8 Å². The maximum absolute atomic E-state index is 12.2. The largest absolute Gasteiger partial charge is 0.350 e. The zero-order valence-corrected chi connectivity index (χ0v) is 18.0. The summed E-state index contributed by atoms with van der Waals surface area (Å²) in [5.74, 6) is 0.298. The molecule has 1 amide bonds. The summed E-state index contributed by atoms with van der Waals surface area (Å²) in [6.07, 6.45) is 0. The average molecular weight is 435 g/mol. The Labute approximate surface area is 185 Å². The topological polar surface area (TPSA) is 97.3 Å². The Bertz CT molecular complexity index is 1210. The number of nitrogens with zero attached hydrogens (tertiary/aromatic N) is 3. The molecule has 0 saturated heterocycles. The Balaban J connectivity index is 1.52. The maximum Gasteiger partial charge on any atom is 0.251 e. The van der Waals surface area contributed by atoms with Gasteiger partial charge in [-0.3, -0.25) is 4.79 Å². The van der Waals surface area contributed by atoms with Crippen LogP contribution in [0, 0.1) is 0 Å². The van der Waals surface area contributed by atoms with Gasteiger partial charge in [0.2, 0.25) is 5.95 Å². The zero-order valence-electron chi connectivity index (χ0n) is 17.3. The number of nitrogens with two attached hydrogens (primary N) is 1. The molecule has 4 aromatic rings. The standard InChI is InChI=1S/C23H23ClN6O/c1-23(2,25)14-26-21(31)16-8-12-18(13-9-16)27-22-28-20-5-3-4-19(30(20)29-22)15-6-10-17(24)11-7-15/h3-13H,14,25H2,1-2H3,(H,26,31)(H,27,29). The van der Waals surface area contributed by atoms with Gasteiger partial charge in [0.15, 0.2) is 5.65 Å². The van der Waals surface area contributed by atoms with Crippen LogP contribution in [0.25, 0.3) is 16.9 Å². The number of hydrogen-bond donors (Lipinski definition) is 3. The van der Waals surface area contributed by atoms with Crippen LogP contribution in [0.15, 0.2) is 66.7 Å². The monoisotopic (exact) mass is 434 g/mol. The lowest BCUT2D eigenvalue weighted by atomic mass is 10.1. The summed E-state index contributed by atoms with van der Waals surface area (Å²) in [6, 6.07) is 20.5. The van der Waals surface area contributed by atoms with Gasteiger partial charge in [0, 0.05) is 33.9 Å². The predicted octanol–water partition coefficient (Wildman–Crippen LogP) is 4.26. The number of halogens is 1. The van der Waals surface area contributed by atoms with Crippen molar-refractivity contribution >= 4 is 34.8 Å². The number of nitrogens with one attached hydrogen (secondary N) is 2. The highest BCUT2D eigenvalue weighted by molar-refractivity contribution is 6.30. The van der Waals surface area contributed by atoms with Crippen molar-refractivity contribution in [3.63, 3.8) is 0 Å². The second-order valence-corrected chi connectivity index (χ2v) is 8.43. The van der Waals surface area contributed by atoms with Gasteiger partial charge in [-0.05, 0) is 62.4 Å². The number of rotatable bonds is 6. The second-order valence-electron chi connectivity index (χ2n) is 8.00. The first-order valence-electron chi connectivity index (χ1n) is 9.84. The molecule has 0 unspecified atom stereocenters. The predicted molar refractivity (Wildman–Crippen MR) is 124 cm³/mol. The molecular formula is C23H23ClN6O. The van der Waals surface area contributed by atoms with E-state index in [-0.39, 0.29) is 5.91 Å². The number of carbonyl (C=O) groups excluding carboxylic acids is 1. The van der Waals surface area contributed by atoms with E-state index in [0.29, 0.717) is 23.1 Å². The van der Waals surface area contributed by atoms with Crippen LogP contribution in [0.4, 0.5) is 11.6 Å². The molecule has 0 aliphatic rings. The van der Waals surface area contributed by atoms with Crippen molar-refractivity contribution in [3.8, 4) is 11.3 Å². The van der Waals surface area contributed by atoms with Crippen LogP contribution in [0.5, 0.6) is 0 Å². The molecule has 31 heavy (non-hydrogen) atoms. The van der Waals surface area contributed by atoms with Gasteiger partial charge in [0.1, 0.15) is 0 Å². The molecule has 0 spiro atoms. The molecule has 2 heterocycles. The van der Waals surface area contributed by atoms with Crippen molar-refractivity contribution in [2.45, 2.75) is 19.4 Å². The molecule has 0 atom stereocenters. The summed E-state index contributed by atoms with van der Waals surface area (Å²) in [7, 11) is 0. The summed E-state index contributed by atoms with van der Waals surface area (Å²) < 4.78 is 1.78. The molecule has 0 aliphatic carbocycles. The number of fused-ring (bicyclic) bond motifs is 1. The fourth-order valence-corrected chi connectivity index (χ4v) is 3.17. The van der Waals surface area contributed by atoms with E-state index in [1.54, 1.807) is 16.6 Å². The highest BCUT2D eigenvalue weighted by Gasteiger charge is 2.14. The van der Waals surface area contributed by atoms with Crippen molar-refractivity contribution in [3.05, 3.63) is 77.3 Å². The fourth-order valence-electron chi connectivity index (χ4n) is 3.04.